The summed E-state index contributed by atoms with van der Waals surface area (Å²) in [6, 6.07) is 13.8. The van der Waals surface area contributed by atoms with Gasteiger partial charge < -0.3 is 10.3 Å². The van der Waals surface area contributed by atoms with Gasteiger partial charge in [0.05, 0.1) is 10.7 Å². The highest BCUT2D eigenvalue weighted by Gasteiger charge is 2.13. The van der Waals surface area contributed by atoms with Crippen LogP contribution in [0.25, 0.3) is 10.9 Å². The highest BCUT2D eigenvalue weighted by atomic mass is 79.9. The summed E-state index contributed by atoms with van der Waals surface area (Å²) in [7, 11) is 0. The van der Waals surface area contributed by atoms with Crippen molar-refractivity contribution in [1.29, 1.82) is 0 Å². The third-order valence-corrected chi connectivity index (χ3v) is 4.00. The van der Waals surface area contributed by atoms with E-state index in [0.717, 1.165) is 9.86 Å². The number of halogens is 2. The summed E-state index contributed by atoms with van der Waals surface area (Å²) in [4.78, 5) is 27.1. The molecule has 0 bridgehead atoms. The van der Waals surface area contributed by atoms with E-state index in [-0.39, 0.29) is 5.56 Å². The van der Waals surface area contributed by atoms with Gasteiger partial charge in [0.2, 0.25) is 0 Å². The van der Waals surface area contributed by atoms with Crippen molar-refractivity contribution in [2.45, 2.75) is 0 Å². The van der Waals surface area contributed by atoms with Crippen molar-refractivity contribution < 1.29 is 4.79 Å². The predicted molar refractivity (Wildman–Crippen MR) is 91.7 cm³/mol. The molecule has 0 aliphatic heterocycles. The van der Waals surface area contributed by atoms with Crippen LogP contribution in [0, 0.1) is 0 Å². The minimum atomic E-state index is -0.503. The van der Waals surface area contributed by atoms with E-state index in [1.165, 1.54) is 0 Å². The molecular formula is C16H10BrClN2O2. The number of carbonyl (C=O) groups is 1. The number of fused-ring (bicyclic) bond motifs is 1. The lowest BCUT2D eigenvalue weighted by atomic mass is 10.1. The minimum absolute atomic E-state index is 0.0329. The Kier molecular flexibility index (Phi) is 4.00. The van der Waals surface area contributed by atoms with E-state index in [0.29, 0.717) is 16.2 Å². The van der Waals surface area contributed by atoms with Crippen LogP contribution in [0.2, 0.25) is 5.02 Å². The Balaban J connectivity index is 2.02. The van der Waals surface area contributed by atoms with Crippen LogP contribution < -0.4 is 10.9 Å². The number of rotatable bonds is 2. The highest BCUT2D eigenvalue weighted by Crippen LogP contribution is 2.22. The maximum atomic E-state index is 12.3. The highest BCUT2D eigenvalue weighted by molar-refractivity contribution is 9.10. The van der Waals surface area contributed by atoms with Crippen LogP contribution >= 0.6 is 27.5 Å². The van der Waals surface area contributed by atoms with Crippen molar-refractivity contribution in [2.24, 2.45) is 0 Å². The Labute approximate surface area is 139 Å². The predicted octanol–water partition coefficient (Wildman–Crippen LogP) is 4.20. The summed E-state index contributed by atoms with van der Waals surface area (Å²) in [5.41, 5.74) is 0.718. The molecule has 2 aromatic carbocycles. The second kappa shape index (κ2) is 5.94. The van der Waals surface area contributed by atoms with E-state index in [1.807, 2.05) is 12.1 Å². The van der Waals surface area contributed by atoms with Crippen molar-refractivity contribution in [3.63, 3.8) is 0 Å². The maximum absolute atomic E-state index is 12.3. The summed E-state index contributed by atoms with van der Waals surface area (Å²) in [6.45, 7) is 0. The molecule has 1 amide bonds. The Hall–Kier alpha value is -2.11. The molecule has 0 saturated heterocycles. The van der Waals surface area contributed by atoms with Crippen molar-refractivity contribution in [1.82, 2.24) is 4.98 Å². The standard InChI is InChI=1S/C16H10BrClN2O2/c17-10-5-6-13-9(7-10)8-11(15(21)19-13)16(22)20-14-4-2-1-3-12(14)18/h1-8H,(H,19,21)(H,20,22). The molecule has 0 saturated carbocycles. The van der Waals surface area contributed by atoms with Crippen molar-refractivity contribution >= 4 is 50.0 Å². The molecule has 22 heavy (non-hydrogen) atoms. The molecule has 0 atom stereocenters. The fraction of sp³-hybridized carbons (Fsp3) is 0. The normalized spacial score (nSPS) is 10.6. The molecule has 0 aliphatic carbocycles. The van der Waals surface area contributed by atoms with E-state index in [2.05, 4.69) is 26.2 Å². The average molecular weight is 378 g/mol. The van der Waals surface area contributed by atoms with E-state index in [4.69, 9.17) is 11.6 Å². The lowest BCUT2D eigenvalue weighted by Gasteiger charge is -2.07. The number of pyridine rings is 1. The molecule has 1 aromatic heterocycles. The number of carbonyl (C=O) groups excluding carboxylic acids is 1. The molecule has 1 heterocycles. The SMILES string of the molecule is O=C(Nc1ccccc1Cl)c1cc2cc(Br)ccc2[nH]c1=O. The Morgan fingerprint density at radius 1 is 1.14 bits per heavy atom. The molecule has 2 N–H and O–H groups in total. The second-order valence-corrected chi connectivity index (χ2v) is 6.00. The van der Waals surface area contributed by atoms with Gasteiger partial charge in [0.1, 0.15) is 5.56 Å². The second-order valence-electron chi connectivity index (χ2n) is 4.68. The molecule has 0 aliphatic rings. The van der Waals surface area contributed by atoms with Gasteiger partial charge in [0.15, 0.2) is 0 Å². The number of hydrogen-bond acceptors (Lipinski definition) is 2. The number of aromatic nitrogens is 1. The number of amides is 1. The van der Waals surface area contributed by atoms with Gasteiger partial charge in [-0.15, -0.1) is 0 Å². The first-order chi connectivity index (χ1) is 10.5. The summed E-state index contributed by atoms with van der Waals surface area (Å²) < 4.78 is 0.865. The van der Waals surface area contributed by atoms with Gasteiger partial charge in [-0.1, -0.05) is 39.7 Å². The molecule has 110 valence electrons. The topological polar surface area (TPSA) is 62.0 Å². The Bertz CT molecular complexity index is 937. The third-order valence-electron chi connectivity index (χ3n) is 3.17. The van der Waals surface area contributed by atoms with Crippen LogP contribution in [0.1, 0.15) is 10.4 Å². The minimum Gasteiger partial charge on any atom is -0.321 e. The molecule has 6 heteroatoms. The van der Waals surface area contributed by atoms with Crippen molar-refractivity contribution in [2.75, 3.05) is 5.32 Å². The molecule has 0 radical (unpaired) electrons. The van der Waals surface area contributed by atoms with Crippen molar-refractivity contribution in [3.8, 4) is 0 Å². The molecule has 0 spiro atoms. The summed E-state index contributed by atoms with van der Waals surface area (Å²) in [5, 5.41) is 3.82. The largest absolute Gasteiger partial charge is 0.321 e. The Morgan fingerprint density at radius 3 is 2.68 bits per heavy atom. The van der Waals surface area contributed by atoms with Gasteiger partial charge in [0.25, 0.3) is 11.5 Å². The molecule has 0 fully saturated rings. The van der Waals surface area contributed by atoms with Crippen LogP contribution in [0.4, 0.5) is 5.69 Å². The van der Waals surface area contributed by atoms with Gasteiger partial charge in [-0.25, -0.2) is 0 Å². The average Bonchev–Trinajstić information content (AvgIpc) is 2.49. The van der Waals surface area contributed by atoms with E-state index in [1.54, 1.807) is 36.4 Å². The fourth-order valence-electron chi connectivity index (χ4n) is 2.10. The monoisotopic (exact) mass is 376 g/mol. The number of H-pyrrole nitrogens is 1. The zero-order valence-electron chi connectivity index (χ0n) is 11.2. The van der Waals surface area contributed by atoms with Crippen LogP contribution in [0.15, 0.2) is 57.8 Å². The number of benzene rings is 2. The smallest absolute Gasteiger partial charge is 0.261 e. The van der Waals surface area contributed by atoms with Gasteiger partial charge in [-0.05, 0) is 36.4 Å². The van der Waals surface area contributed by atoms with Crippen LogP contribution in [0.3, 0.4) is 0 Å². The van der Waals surface area contributed by atoms with Crippen LogP contribution in [-0.4, -0.2) is 10.9 Å². The molecule has 3 aromatic rings. The lowest BCUT2D eigenvalue weighted by Crippen LogP contribution is -2.23. The van der Waals surface area contributed by atoms with Gasteiger partial charge in [0, 0.05) is 15.4 Å². The van der Waals surface area contributed by atoms with Crippen LogP contribution in [-0.2, 0) is 0 Å². The molecule has 3 rings (SSSR count). The number of aromatic amines is 1. The number of nitrogens with one attached hydrogen (secondary N) is 2. The van der Waals surface area contributed by atoms with E-state index >= 15 is 0 Å². The summed E-state index contributed by atoms with van der Waals surface area (Å²) in [5.74, 6) is -0.503. The first-order valence-electron chi connectivity index (χ1n) is 6.43. The number of hydrogen-bond donors (Lipinski definition) is 2. The summed E-state index contributed by atoms with van der Waals surface area (Å²) >= 11 is 9.37. The van der Waals surface area contributed by atoms with E-state index < -0.39 is 11.5 Å². The maximum Gasteiger partial charge on any atom is 0.261 e. The first-order valence-corrected chi connectivity index (χ1v) is 7.60. The third kappa shape index (κ3) is 2.91. The molecule has 4 nitrogen and oxygen atoms in total. The van der Waals surface area contributed by atoms with Gasteiger partial charge in [-0.2, -0.15) is 0 Å². The number of para-hydroxylation sites is 1. The Morgan fingerprint density at radius 2 is 1.91 bits per heavy atom. The zero-order chi connectivity index (χ0) is 15.7. The first kappa shape index (κ1) is 14.8. The quantitative estimate of drug-likeness (QED) is 0.703. The van der Waals surface area contributed by atoms with Gasteiger partial charge in [-0.3, -0.25) is 9.59 Å². The molecular weight excluding hydrogens is 368 g/mol. The lowest BCUT2D eigenvalue weighted by molar-refractivity contribution is 0.102. The van der Waals surface area contributed by atoms with Crippen molar-refractivity contribution in [3.05, 3.63) is 73.9 Å². The summed E-state index contributed by atoms with van der Waals surface area (Å²) in [6.07, 6.45) is 0. The molecule has 0 unspecified atom stereocenters. The van der Waals surface area contributed by atoms with E-state index in [9.17, 15) is 9.59 Å². The zero-order valence-corrected chi connectivity index (χ0v) is 13.5. The van der Waals surface area contributed by atoms with Gasteiger partial charge >= 0.3 is 0 Å². The van der Waals surface area contributed by atoms with Crippen LogP contribution in [0.5, 0.6) is 0 Å². The number of anilines is 1. The fourth-order valence-corrected chi connectivity index (χ4v) is 2.66.